The molecule has 0 bridgehead atoms. The molecule has 0 aromatic carbocycles. The quantitative estimate of drug-likeness (QED) is 0.871. The van der Waals surface area contributed by atoms with Crippen molar-refractivity contribution in [3.63, 3.8) is 0 Å². The van der Waals surface area contributed by atoms with Gasteiger partial charge in [-0.05, 0) is 6.92 Å². The molecule has 2 aromatic rings. The summed E-state index contributed by atoms with van der Waals surface area (Å²) in [5.41, 5.74) is 0. The number of nitrogens with zero attached hydrogens (tertiary/aromatic N) is 6. The van der Waals surface area contributed by atoms with E-state index in [0.717, 1.165) is 18.9 Å². The van der Waals surface area contributed by atoms with Gasteiger partial charge in [-0.15, -0.1) is 0 Å². The minimum atomic E-state index is 0.343. The largest absolute Gasteiger partial charge is 0.464 e. The van der Waals surface area contributed by atoms with Crippen molar-refractivity contribution in [1.82, 2.24) is 24.5 Å². The van der Waals surface area contributed by atoms with Crippen molar-refractivity contribution >= 4 is 11.9 Å². The number of fused-ring (bicyclic) bond motifs is 1. The van der Waals surface area contributed by atoms with Crippen LogP contribution in [-0.2, 0) is 13.1 Å². The second kappa shape index (κ2) is 5.32. The third-order valence-electron chi connectivity index (χ3n) is 3.13. The predicted molar refractivity (Wildman–Crippen MR) is 73.8 cm³/mol. The van der Waals surface area contributed by atoms with E-state index in [9.17, 15) is 0 Å². The summed E-state index contributed by atoms with van der Waals surface area (Å²) in [5, 5.41) is 2.93. The van der Waals surface area contributed by atoms with Gasteiger partial charge in [0.2, 0.25) is 11.9 Å². The normalized spacial score (nSPS) is 14.0. The Hall–Kier alpha value is -2.38. The average molecular weight is 275 g/mol. The molecular formula is C12H17N7O. The molecule has 0 spiro atoms. The summed E-state index contributed by atoms with van der Waals surface area (Å²) >= 11 is 0. The van der Waals surface area contributed by atoms with Gasteiger partial charge < -0.3 is 19.5 Å². The van der Waals surface area contributed by atoms with Gasteiger partial charge in [0.15, 0.2) is 0 Å². The summed E-state index contributed by atoms with van der Waals surface area (Å²) in [6.45, 7) is 4.82. The van der Waals surface area contributed by atoms with E-state index in [0.29, 0.717) is 31.1 Å². The summed E-state index contributed by atoms with van der Waals surface area (Å²) < 4.78 is 7.52. The van der Waals surface area contributed by atoms with E-state index in [1.54, 1.807) is 7.05 Å². The van der Waals surface area contributed by atoms with E-state index in [1.807, 2.05) is 19.3 Å². The average Bonchev–Trinajstić information content (AvgIpc) is 2.94. The van der Waals surface area contributed by atoms with Gasteiger partial charge in [-0.1, -0.05) is 0 Å². The smallest absolute Gasteiger partial charge is 0.323 e. The fourth-order valence-corrected chi connectivity index (χ4v) is 2.14. The number of ether oxygens (including phenoxy) is 1. The van der Waals surface area contributed by atoms with Gasteiger partial charge in [0.05, 0.1) is 13.2 Å². The number of hydrogen-bond acceptors (Lipinski definition) is 7. The second-order valence-electron chi connectivity index (χ2n) is 4.38. The molecule has 0 saturated heterocycles. The van der Waals surface area contributed by atoms with Gasteiger partial charge in [-0.2, -0.15) is 15.0 Å². The molecule has 0 fully saturated rings. The van der Waals surface area contributed by atoms with Crippen LogP contribution in [0.25, 0.3) is 0 Å². The number of nitrogens with one attached hydrogen (secondary N) is 1. The Kier molecular flexibility index (Phi) is 3.36. The number of anilines is 2. The minimum absolute atomic E-state index is 0.343. The van der Waals surface area contributed by atoms with Gasteiger partial charge in [0.1, 0.15) is 5.82 Å². The molecule has 0 radical (unpaired) electrons. The van der Waals surface area contributed by atoms with Crippen molar-refractivity contribution < 1.29 is 4.74 Å². The van der Waals surface area contributed by atoms with Crippen LogP contribution in [0.5, 0.6) is 6.01 Å². The highest BCUT2D eigenvalue weighted by molar-refractivity contribution is 5.38. The first-order valence-electron chi connectivity index (χ1n) is 6.61. The monoisotopic (exact) mass is 275 g/mol. The predicted octanol–water partition coefficient (Wildman–Crippen LogP) is 0.529. The zero-order valence-electron chi connectivity index (χ0n) is 11.6. The van der Waals surface area contributed by atoms with Crippen LogP contribution in [0.4, 0.5) is 11.9 Å². The fourth-order valence-electron chi connectivity index (χ4n) is 2.14. The standard InChI is InChI=1S/C12H17N7O/c1-3-20-12-16-10(13-2)15-11(17-12)19-7-6-18-5-4-14-9(18)8-19/h4-5H,3,6-8H2,1-2H3,(H,13,15,16,17). The summed E-state index contributed by atoms with van der Waals surface area (Å²) in [6.07, 6.45) is 3.81. The van der Waals surface area contributed by atoms with Crippen molar-refractivity contribution in [2.45, 2.75) is 20.0 Å². The van der Waals surface area contributed by atoms with E-state index in [2.05, 4.69) is 34.7 Å². The molecule has 3 heterocycles. The molecule has 0 saturated carbocycles. The molecule has 106 valence electrons. The third kappa shape index (κ3) is 2.36. The maximum atomic E-state index is 5.38. The number of imidazole rings is 1. The van der Waals surface area contributed by atoms with Crippen LogP contribution in [0.2, 0.25) is 0 Å². The Morgan fingerprint density at radius 2 is 2.20 bits per heavy atom. The fraction of sp³-hybridized carbons (Fsp3) is 0.500. The lowest BCUT2D eigenvalue weighted by Gasteiger charge is -2.27. The first-order valence-corrected chi connectivity index (χ1v) is 6.61. The van der Waals surface area contributed by atoms with E-state index >= 15 is 0 Å². The lowest BCUT2D eigenvalue weighted by Crippen LogP contribution is -2.35. The Morgan fingerprint density at radius 1 is 1.30 bits per heavy atom. The SMILES string of the molecule is CCOc1nc(NC)nc(N2CCn3ccnc3C2)n1. The van der Waals surface area contributed by atoms with Gasteiger partial charge in [0.25, 0.3) is 0 Å². The molecule has 8 nitrogen and oxygen atoms in total. The Labute approximate surface area is 116 Å². The number of rotatable bonds is 4. The van der Waals surface area contributed by atoms with E-state index in [4.69, 9.17) is 4.74 Å². The summed E-state index contributed by atoms with van der Waals surface area (Å²) in [4.78, 5) is 19.3. The Balaban J connectivity index is 1.88. The molecule has 1 aliphatic rings. The molecule has 8 heteroatoms. The molecule has 0 unspecified atom stereocenters. The van der Waals surface area contributed by atoms with Crippen LogP contribution >= 0.6 is 0 Å². The maximum Gasteiger partial charge on any atom is 0.323 e. The molecule has 2 aromatic heterocycles. The van der Waals surface area contributed by atoms with Crippen LogP contribution in [0.3, 0.4) is 0 Å². The molecule has 0 amide bonds. The van der Waals surface area contributed by atoms with E-state index < -0.39 is 0 Å². The molecule has 0 atom stereocenters. The minimum Gasteiger partial charge on any atom is -0.464 e. The van der Waals surface area contributed by atoms with Gasteiger partial charge >= 0.3 is 6.01 Å². The molecule has 20 heavy (non-hydrogen) atoms. The number of hydrogen-bond donors (Lipinski definition) is 1. The number of aromatic nitrogens is 5. The van der Waals surface area contributed by atoms with Gasteiger partial charge in [-0.25, -0.2) is 4.98 Å². The van der Waals surface area contributed by atoms with E-state index in [1.165, 1.54) is 0 Å². The molecule has 3 rings (SSSR count). The third-order valence-corrected chi connectivity index (χ3v) is 3.13. The summed E-state index contributed by atoms with van der Waals surface area (Å²) in [5.74, 6) is 2.13. The summed E-state index contributed by atoms with van der Waals surface area (Å²) in [7, 11) is 1.78. The topological polar surface area (TPSA) is 81.0 Å². The van der Waals surface area contributed by atoms with Crippen LogP contribution in [0, 0.1) is 0 Å². The molecule has 1 aliphatic heterocycles. The molecule has 1 N–H and O–H groups in total. The maximum absolute atomic E-state index is 5.38. The van der Waals surface area contributed by atoms with Crippen LogP contribution < -0.4 is 15.0 Å². The van der Waals surface area contributed by atoms with Crippen LogP contribution in [0.1, 0.15) is 12.7 Å². The Morgan fingerprint density at radius 3 is 3.00 bits per heavy atom. The Bertz CT molecular complexity index is 597. The van der Waals surface area contributed by atoms with Crippen molar-refractivity contribution in [2.24, 2.45) is 0 Å². The molecular weight excluding hydrogens is 258 g/mol. The summed E-state index contributed by atoms with van der Waals surface area (Å²) in [6, 6.07) is 0.343. The van der Waals surface area contributed by atoms with Gasteiger partial charge in [0, 0.05) is 32.5 Å². The second-order valence-corrected chi connectivity index (χ2v) is 4.38. The highest BCUT2D eigenvalue weighted by Crippen LogP contribution is 2.19. The highest BCUT2D eigenvalue weighted by atomic mass is 16.5. The van der Waals surface area contributed by atoms with Crippen LogP contribution in [0.15, 0.2) is 12.4 Å². The lowest BCUT2D eigenvalue weighted by atomic mass is 10.4. The zero-order valence-corrected chi connectivity index (χ0v) is 11.6. The highest BCUT2D eigenvalue weighted by Gasteiger charge is 2.20. The van der Waals surface area contributed by atoms with Crippen LogP contribution in [-0.4, -0.2) is 44.7 Å². The zero-order chi connectivity index (χ0) is 13.9. The van der Waals surface area contributed by atoms with Crippen molar-refractivity contribution in [3.05, 3.63) is 18.2 Å². The molecule has 0 aliphatic carbocycles. The van der Waals surface area contributed by atoms with Gasteiger partial charge in [-0.3, -0.25) is 0 Å². The van der Waals surface area contributed by atoms with Crippen molar-refractivity contribution in [2.75, 3.05) is 30.4 Å². The first kappa shape index (κ1) is 12.6. The van der Waals surface area contributed by atoms with Crippen molar-refractivity contribution in [1.29, 1.82) is 0 Å². The lowest BCUT2D eigenvalue weighted by molar-refractivity contribution is 0.311. The van der Waals surface area contributed by atoms with E-state index in [-0.39, 0.29) is 0 Å². The van der Waals surface area contributed by atoms with Crippen molar-refractivity contribution in [3.8, 4) is 6.01 Å². The first-order chi connectivity index (χ1) is 9.80.